The van der Waals surface area contributed by atoms with Gasteiger partial charge in [-0.05, 0) is 12.1 Å². The fraction of sp³-hybridized carbons (Fsp3) is 0. The molecule has 0 aliphatic carbocycles. The molecule has 0 radical (unpaired) electrons. The Morgan fingerprint density at radius 3 is 2.67 bits per heavy atom. The average molecular weight is 315 g/mol. The average Bonchev–Trinajstić information content (AvgIpc) is 3.07. The second kappa shape index (κ2) is 5.92. The zero-order chi connectivity index (χ0) is 16.4. The highest BCUT2D eigenvalue weighted by Crippen LogP contribution is 2.23. The van der Waals surface area contributed by atoms with E-state index < -0.39 is 0 Å². The van der Waals surface area contributed by atoms with E-state index in [-0.39, 0.29) is 5.91 Å². The van der Waals surface area contributed by atoms with E-state index in [2.05, 4.69) is 25.3 Å². The number of benzene rings is 2. The quantitative estimate of drug-likeness (QED) is 0.608. The van der Waals surface area contributed by atoms with Crippen molar-refractivity contribution in [1.29, 1.82) is 0 Å². The standard InChI is InChI=1S/C18H13N5O/c24-18(22-15-11-19-9-10-20-15)13-7-4-8-14-16(13)23-17(21-14)12-5-2-1-3-6-12/h1-11H,(H,21,23)(H,20,22,24). The maximum absolute atomic E-state index is 12.5. The molecule has 0 unspecified atom stereocenters. The first kappa shape index (κ1) is 14.1. The Kier molecular flexibility index (Phi) is 3.47. The molecular weight excluding hydrogens is 302 g/mol. The van der Waals surface area contributed by atoms with Crippen molar-refractivity contribution in [1.82, 2.24) is 19.9 Å². The van der Waals surface area contributed by atoms with Gasteiger partial charge in [-0.2, -0.15) is 0 Å². The lowest BCUT2D eigenvalue weighted by Crippen LogP contribution is -2.13. The second-order valence-corrected chi connectivity index (χ2v) is 5.20. The molecule has 6 heteroatoms. The summed E-state index contributed by atoms with van der Waals surface area (Å²) in [5.41, 5.74) is 2.88. The molecule has 0 aliphatic rings. The van der Waals surface area contributed by atoms with Crippen molar-refractivity contribution in [2.75, 3.05) is 5.32 Å². The first-order valence-corrected chi connectivity index (χ1v) is 7.43. The fourth-order valence-corrected chi connectivity index (χ4v) is 2.50. The van der Waals surface area contributed by atoms with Crippen molar-refractivity contribution >= 4 is 22.8 Å². The third kappa shape index (κ3) is 2.61. The Morgan fingerprint density at radius 2 is 1.88 bits per heavy atom. The Labute approximate surface area is 137 Å². The SMILES string of the molecule is O=C(Nc1cnccn1)c1cccc2[nH]c(-c3ccccc3)nc12. The number of anilines is 1. The van der Waals surface area contributed by atoms with Crippen LogP contribution in [0.5, 0.6) is 0 Å². The van der Waals surface area contributed by atoms with Gasteiger partial charge in [0.1, 0.15) is 11.3 Å². The number of nitrogens with zero attached hydrogens (tertiary/aromatic N) is 3. The van der Waals surface area contributed by atoms with Crippen LogP contribution in [0.2, 0.25) is 0 Å². The monoisotopic (exact) mass is 315 g/mol. The highest BCUT2D eigenvalue weighted by Gasteiger charge is 2.14. The number of aromatic nitrogens is 4. The minimum atomic E-state index is -0.271. The van der Waals surface area contributed by atoms with Gasteiger partial charge in [0.05, 0.1) is 17.3 Å². The Morgan fingerprint density at radius 1 is 1.00 bits per heavy atom. The van der Waals surface area contributed by atoms with Gasteiger partial charge in [0.2, 0.25) is 0 Å². The maximum Gasteiger partial charge on any atom is 0.259 e. The zero-order valence-electron chi connectivity index (χ0n) is 12.6. The van der Waals surface area contributed by atoms with E-state index in [1.807, 2.05) is 42.5 Å². The third-order valence-electron chi connectivity index (χ3n) is 3.61. The van der Waals surface area contributed by atoms with Crippen molar-refractivity contribution < 1.29 is 4.79 Å². The highest BCUT2D eigenvalue weighted by molar-refractivity contribution is 6.11. The summed E-state index contributed by atoms with van der Waals surface area (Å²) in [6.07, 6.45) is 4.58. The van der Waals surface area contributed by atoms with Crippen LogP contribution in [0, 0.1) is 0 Å². The van der Waals surface area contributed by atoms with Crippen LogP contribution in [0.25, 0.3) is 22.4 Å². The molecule has 2 heterocycles. The van der Waals surface area contributed by atoms with E-state index in [0.717, 1.165) is 16.9 Å². The number of H-pyrrole nitrogens is 1. The van der Waals surface area contributed by atoms with Crippen LogP contribution in [0.4, 0.5) is 5.82 Å². The lowest BCUT2D eigenvalue weighted by molar-refractivity contribution is 0.102. The number of carbonyl (C=O) groups is 1. The summed E-state index contributed by atoms with van der Waals surface area (Å²) in [5.74, 6) is 0.857. The number of hydrogen-bond donors (Lipinski definition) is 2. The van der Waals surface area contributed by atoms with Crippen LogP contribution in [-0.2, 0) is 0 Å². The summed E-state index contributed by atoms with van der Waals surface area (Å²) in [6, 6.07) is 15.2. The van der Waals surface area contributed by atoms with Gasteiger partial charge in [0.25, 0.3) is 5.91 Å². The Balaban J connectivity index is 1.73. The smallest absolute Gasteiger partial charge is 0.259 e. The number of rotatable bonds is 3. The van der Waals surface area contributed by atoms with Gasteiger partial charge >= 0.3 is 0 Å². The van der Waals surface area contributed by atoms with Gasteiger partial charge in [-0.1, -0.05) is 36.4 Å². The van der Waals surface area contributed by atoms with E-state index >= 15 is 0 Å². The Hall–Kier alpha value is -3.54. The van der Waals surface area contributed by atoms with Crippen LogP contribution in [-0.4, -0.2) is 25.8 Å². The number of fused-ring (bicyclic) bond motifs is 1. The van der Waals surface area contributed by atoms with E-state index in [9.17, 15) is 4.79 Å². The van der Waals surface area contributed by atoms with Crippen molar-refractivity contribution in [2.45, 2.75) is 0 Å². The molecule has 4 aromatic rings. The number of amides is 1. The summed E-state index contributed by atoms with van der Waals surface area (Å²) < 4.78 is 0. The van der Waals surface area contributed by atoms with Gasteiger partial charge in [0, 0.05) is 18.0 Å². The van der Waals surface area contributed by atoms with Crippen molar-refractivity contribution in [2.24, 2.45) is 0 Å². The third-order valence-corrected chi connectivity index (χ3v) is 3.61. The van der Waals surface area contributed by atoms with Crippen LogP contribution >= 0.6 is 0 Å². The molecule has 0 saturated heterocycles. The molecule has 0 aliphatic heterocycles. The molecule has 116 valence electrons. The maximum atomic E-state index is 12.5. The van der Waals surface area contributed by atoms with Crippen LogP contribution in [0.15, 0.2) is 67.1 Å². The van der Waals surface area contributed by atoms with Gasteiger partial charge in [-0.25, -0.2) is 9.97 Å². The minimum Gasteiger partial charge on any atom is -0.338 e. The topological polar surface area (TPSA) is 83.6 Å². The van der Waals surface area contributed by atoms with Crippen LogP contribution < -0.4 is 5.32 Å². The van der Waals surface area contributed by atoms with Gasteiger partial charge in [-0.3, -0.25) is 9.78 Å². The number of imidazole rings is 1. The minimum absolute atomic E-state index is 0.271. The number of aromatic amines is 1. The largest absolute Gasteiger partial charge is 0.338 e. The molecule has 2 aromatic carbocycles. The van der Waals surface area contributed by atoms with Crippen molar-refractivity contribution in [3.63, 3.8) is 0 Å². The molecule has 0 spiro atoms. The molecule has 24 heavy (non-hydrogen) atoms. The zero-order valence-corrected chi connectivity index (χ0v) is 12.6. The lowest BCUT2D eigenvalue weighted by Gasteiger charge is -2.04. The summed E-state index contributed by atoms with van der Waals surface area (Å²) in [7, 11) is 0. The molecule has 2 aromatic heterocycles. The highest BCUT2D eigenvalue weighted by atomic mass is 16.1. The van der Waals surface area contributed by atoms with E-state index in [1.54, 1.807) is 12.3 Å². The Bertz CT molecular complexity index is 996. The fourth-order valence-electron chi connectivity index (χ4n) is 2.50. The van der Waals surface area contributed by atoms with E-state index in [4.69, 9.17) is 0 Å². The molecule has 0 bridgehead atoms. The molecule has 0 fully saturated rings. The van der Waals surface area contributed by atoms with Crippen LogP contribution in [0.3, 0.4) is 0 Å². The second-order valence-electron chi connectivity index (χ2n) is 5.20. The summed E-state index contributed by atoms with van der Waals surface area (Å²) in [4.78, 5) is 28.4. The number of hydrogen-bond acceptors (Lipinski definition) is 4. The molecule has 0 saturated carbocycles. The van der Waals surface area contributed by atoms with E-state index in [1.165, 1.54) is 12.4 Å². The summed E-state index contributed by atoms with van der Waals surface area (Å²) in [6.45, 7) is 0. The number of nitrogens with one attached hydrogen (secondary N) is 2. The normalized spacial score (nSPS) is 10.7. The number of para-hydroxylation sites is 1. The molecule has 6 nitrogen and oxygen atoms in total. The molecular formula is C18H13N5O. The molecule has 4 rings (SSSR count). The van der Waals surface area contributed by atoms with Crippen LogP contribution in [0.1, 0.15) is 10.4 Å². The molecule has 1 amide bonds. The van der Waals surface area contributed by atoms with Crippen molar-refractivity contribution in [3.8, 4) is 11.4 Å². The number of carbonyl (C=O) groups excluding carboxylic acids is 1. The van der Waals surface area contributed by atoms with Gasteiger partial charge < -0.3 is 10.3 Å². The predicted octanol–water partition coefficient (Wildman–Crippen LogP) is 3.27. The lowest BCUT2D eigenvalue weighted by atomic mass is 10.1. The summed E-state index contributed by atoms with van der Waals surface area (Å²) in [5, 5.41) is 2.73. The van der Waals surface area contributed by atoms with Crippen molar-refractivity contribution in [3.05, 3.63) is 72.7 Å². The van der Waals surface area contributed by atoms with Gasteiger partial charge in [0.15, 0.2) is 5.82 Å². The predicted molar refractivity (Wildman–Crippen MR) is 91.5 cm³/mol. The first-order chi connectivity index (χ1) is 11.8. The molecule has 2 N–H and O–H groups in total. The summed E-state index contributed by atoms with van der Waals surface area (Å²) >= 11 is 0. The van der Waals surface area contributed by atoms with E-state index in [0.29, 0.717) is 16.9 Å². The first-order valence-electron chi connectivity index (χ1n) is 7.43. The molecule has 0 atom stereocenters. The van der Waals surface area contributed by atoms with Gasteiger partial charge in [-0.15, -0.1) is 0 Å².